The molecule has 1 aliphatic heterocycles. The molecule has 0 spiro atoms. The molecule has 0 aromatic carbocycles. The average Bonchev–Trinajstić information content (AvgIpc) is 2.62. The predicted molar refractivity (Wildman–Crippen MR) is 105 cm³/mol. The van der Waals surface area contributed by atoms with Crippen molar-refractivity contribution in [3.8, 4) is 0 Å². The first-order chi connectivity index (χ1) is 11.8. The first-order valence-corrected chi connectivity index (χ1v) is 11.3. The minimum atomic E-state index is 0.515. The van der Waals surface area contributed by atoms with Crippen LogP contribution in [0, 0.1) is 5.92 Å². The van der Waals surface area contributed by atoms with Gasteiger partial charge in [-0.3, -0.25) is 0 Å². The summed E-state index contributed by atoms with van der Waals surface area (Å²) in [6.45, 7) is 7.96. The normalized spacial score (nSPS) is 19.5. The molecule has 0 radical (unpaired) electrons. The molecule has 2 heteroatoms. The zero-order valence-electron chi connectivity index (χ0n) is 16.9. The Balaban J connectivity index is 1.74. The molecule has 2 atom stereocenters. The van der Waals surface area contributed by atoms with E-state index in [2.05, 4.69) is 19.2 Å². The van der Waals surface area contributed by atoms with E-state index in [1.54, 1.807) is 0 Å². The molecule has 0 bridgehead atoms. The standard InChI is InChI=1S/C22H45NO/c1-3-4-5-6-7-8-9-10-11-12-13-14-15-16-17-21(2)22-20-23-18-19-24-22/h21-23H,3-20H2,1-2H3/p+1. The number of ether oxygens (including phenoxy) is 1. The quantitative estimate of drug-likeness (QED) is 0.371. The summed E-state index contributed by atoms with van der Waals surface area (Å²) in [5, 5.41) is 2.41. The molecule has 24 heavy (non-hydrogen) atoms. The van der Waals surface area contributed by atoms with Crippen molar-refractivity contribution >= 4 is 0 Å². The smallest absolute Gasteiger partial charge is 0.109 e. The van der Waals surface area contributed by atoms with Gasteiger partial charge in [0.2, 0.25) is 0 Å². The van der Waals surface area contributed by atoms with E-state index in [9.17, 15) is 0 Å². The van der Waals surface area contributed by atoms with Gasteiger partial charge in [-0.25, -0.2) is 0 Å². The Morgan fingerprint density at radius 3 is 1.75 bits per heavy atom. The second-order valence-electron chi connectivity index (χ2n) is 8.08. The third kappa shape index (κ3) is 12.3. The number of unbranched alkanes of at least 4 members (excludes halogenated alkanes) is 13. The number of hydrogen-bond donors (Lipinski definition) is 1. The van der Waals surface area contributed by atoms with Gasteiger partial charge in [-0.15, -0.1) is 0 Å². The van der Waals surface area contributed by atoms with E-state index >= 15 is 0 Å². The van der Waals surface area contributed by atoms with Crippen LogP contribution in [-0.2, 0) is 4.74 Å². The maximum atomic E-state index is 5.88. The largest absolute Gasteiger partial charge is 0.366 e. The fourth-order valence-electron chi connectivity index (χ4n) is 3.90. The van der Waals surface area contributed by atoms with Crippen molar-refractivity contribution in [3.05, 3.63) is 0 Å². The molecule has 0 amide bonds. The van der Waals surface area contributed by atoms with E-state index in [0.29, 0.717) is 6.10 Å². The van der Waals surface area contributed by atoms with Gasteiger partial charge in [0, 0.05) is 0 Å². The first-order valence-electron chi connectivity index (χ1n) is 11.3. The summed E-state index contributed by atoms with van der Waals surface area (Å²) in [6, 6.07) is 0. The molecule has 1 heterocycles. The summed E-state index contributed by atoms with van der Waals surface area (Å²) < 4.78 is 5.88. The molecule has 0 aliphatic carbocycles. The highest BCUT2D eigenvalue weighted by Crippen LogP contribution is 2.18. The molecule has 1 saturated heterocycles. The fourth-order valence-corrected chi connectivity index (χ4v) is 3.90. The molecule has 0 aromatic heterocycles. The molecule has 2 unspecified atom stereocenters. The van der Waals surface area contributed by atoms with Gasteiger partial charge in [0.15, 0.2) is 0 Å². The highest BCUT2D eigenvalue weighted by molar-refractivity contribution is 4.67. The van der Waals surface area contributed by atoms with Crippen LogP contribution in [0.4, 0.5) is 0 Å². The van der Waals surface area contributed by atoms with Crippen LogP contribution in [0.15, 0.2) is 0 Å². The minimum Gasteiger partial charge on any atom is -0.366 e. The number of nitrogens with two attached hydrogens (primary N) is 1. The van der Waals surface area contributed by atoms with Crippen LogP contribution < -0.4 is 5.32 Å². The Morgan fingerprint density at radius 2 is 1.29 bits per heavy atom. The fraction of sp³-hybridized carbons (Fsp3) is 1.00. The summed E-state index contributed by atoms with van der Waals surface area (Å²) in [5.41, 5.74) is 0. The third-order valence-electron chi connectivity index (χ3n) is 5.70. The molecule has 1 fully saturated rings. The van der Waals surface area contributed by atoms with E-state index in [-0.39, 0.29) is 0 Å². The Morgan fingerprint density at radius 1 is 0.792 bits per heavy atom. The molecule has 2 nitrogen and oxygen atoms in total. The van der Waals surface area contributed by atoms with Gasteiger partial charge in [0.25, 0.3) is 0 Å². The highest BCUT2D eigenvalue weighted by Gasteiger charge is 2.22. The maximum Gasteiger partial charge on any atom is 0.109 e. The van der Waals surface area contributed by atoms with E-state index in [4.69, 9.17) is 4.74 Å². The number of morpholine rings is 1. The maximum absolute atomic E-state index is 5.88. The summed E-state index contributed by atoms with van der Waals surface area (Å²) in [4.78, 5) is 0. The van der Waals surface area contributed by atoms with Crippen LogP contribution in [0.3, 0.4) is 0 Å². The lowest BCUT2D eigenvalue weighted by atomic mass is 9.96. The molecule has 2 N–H and O–H groups in total. The van der Waals surface area contributed by atoms with E-state index in [1.165, 1.54) is 103 Å². The van der Waals surface area contributed by atoms with Crippen LogP contribution in [0.25, 0.3) is 0 Å². The van der Waals surface area contributed by atoms with E-state index < -0.39 is 0 Å². The lowest BCUT2D eigenvalue weighted by molar-refractivity contribution is -0.678. The van der Waals surface area contributed by atoms with Crippen molar-refractivity contribution in [2.75, 3.05) is 19.7 Å². The van der Waals surface area contributed by atoms with Crippen LogP contribution in [0.5, 0.6) is 0 Å². The second-order valence-corrected chi connectivity index (χ2v) is 8.08. The molecule has 1 aliphatic rings. The molecular weight excluding hydrogens is 294 g/mol. The SMILES string of the molecule is CCCCCCCCCCCCCCCCC(C)C1C[NH2+]CCO1. The molecular formula is C22H46NO+. The topological polar surface area (TPSA) is 25.8 Å². The van der Waals surface area contributed by atoms with Crippen molar-refractivity contribution in [1.29, 1.82) is 0 Å². The Hall–Kier alpha value is -0.0800. The van der Waals surface area contributed by atoms with Crippen LogP contribution in [-0.4, -0.2) is 25.8 Å². The van der Waals surface area contributed by atoms with Crippen molar-refractivity contribution < 1.29 is 10.1 Å². The molecule has 1 rings (SSSR count). The summed E-state index contributed by atoms with van der Waals surface area (Å²) in [6.07, 6.45) is 22.2. The van der Waals surface area contributed by atoms with Gasteiger partial charge in [-0.05, 0) is 12.3 Å². The Kier molecular flexibility index (Phi) is 15.0. The molecule has 144 valence electrons. The zero-order chi connectivity index (χ0) is 17.3. The number of quaternary nitrogens is 1. The average molecular weight is 341 g/mol. The van der Waals surface area contributed by atoms with E-state index in [1.807, 2.05) is 0 Å². The van der Waals surface area contributed by atoms with Crippen molar-refractivity contribution in [2.45, 2.75) is 116 Å². The van der Waals surface area contributed by atoms with Gasteiger partial charge in [0.05, 0.1) is 13.2 Å². The van der Waals surface area contributed by atoms with Gasteiger partial charge in [-0.1, -0.05) is 104 Å². The van der Waals surface area contributed by atoms with Gasteiger partial charge in [0.1, 0.15) is 12.6 Å². The molecule has 0 aromatic rings. The number of hydrogen-bond acceptors (Lipinski definition) is 1. The van der Waals surface area contributed by atoms with Gasteiger partial charge < -0.3 is 10.1 Å². The summed E-state index contributed by atoms with van der Waals surface area (Å²) in [5.74, 6) is 0.749. The Bertz CT molecular complexity index is 250. The molecule has 0 saturated carbocycles. The van der Waals surface area contributed by atoms with Crippen LogP contribution in [0.1, 0.15) is 110 Å². The van der Waals surface area contributed by atoms with Gasteiger partial charge >= 0.3 is 0 Å². The van der Waals surface area contributed by atoms with E-state index in [0.717, 1.165) is 19.1 Å². The lowest BCUT2D eigenvalue weighted by Gasteiger charge is -2.26. The third-order valence-corrected chi connectivity index (χ3v) is 5.70. The van der Waals surface area contributed by atoms with Crippen molar-refractivity contribution in [3.63, 3.8) is 0 Å². The Labute approximate surface area is 152 Å². The first kappa shape index (κ1) is 22.0. The zero-order valence-corrected chi connectivity index (χ0v) is 16.9. The predicted octanol–water partition coefficient (Wildman–Crippen LogP) is 5.46. The second kappa shape index (κ2) is 16.4. The van der Waals surface area contributed by atoms with Crippen LogP contribution >= 0.6 is 0 Å². The monoisotopic (exact) mass is 340 g/mol. The summed E-state index contributed by atoms with van der Waals surface area (Å²) in [7, 11) is 0. The van der Waals surface area contributed by atoms with Gasteiger partial charge in [-0.2, -0.15) is 0 Å². The number of rotatable bonds is 16. The van der Waals surface area contributed by atoms with Crippen LogP contribution in [0.2, 0.25) is 0 Å². The summed E-state index contributed by atoms with van der Waals surface area (Å²) >= 11 is 0. The van der Waals surface area contributed by atoms with Crippen molar-refractivity contribution in [1.82, 2.24) is 0 Å². The van der Waals surface area contributed by atoms with Crippen molar-refractivity contribution in [2.24, 2.45) is 5.92 Å². The highest BCUT2D eigenvalue weighted by atomic mass is 16.5. The lowest BCUT2D eigenvalue weighted by Crippen LogP contribution is -2.90. The minimum absolute atomic E-state index is 0.515.